The summed E-state index contributed by atoms with van der Waals surface area (Å²) in [6.45, 7) is 4.83. The van der Waals surface area contributed by atoms with Gasteiger partial charge in [-0.2, -0.15) is 0 Å². The molecule has 0 saturated heterocycles. The van der Waals surface area contributed by atoms with E-state index in [2.05, 4.69) is 0 Å². The normalized spacial score (nSPS) is 44.9. The van der Waals surface area contributed by atoms with Crippen LogP contribution < -0.4 is 0 Å². The number of halogens is 1. The maximum atomic E-state index is 17.5. The zero-order valence-corrected chi connectivity index (χ0v) is 19.8. The molecule has 0 spiro atoms. The first-order valence-corrected chi connectivity index (χ1v) is 11.6. The molecule has 4 rings (SSSR count). The lowest BCUT2D eigenvalue weighted by molar-refractivity contribution is -0.231. The van der Waals surface area contributed by atoms with Crippen LogP contribution in [0, 0.1) is 22.7 Å². The average Bonchev–Trinajstić information content (AvgIpc) is 2.94. The Balaban J connectivity index is 1.83. The number of aliphatic hydroxyl groups is 2. The number of carbonyl (C=O) groups is 4. The highest BCUT2D eigenvalue weighted by Crippen LogP contribution is 2.70. The second-order valence-electron chi connectivity index (χ2n) is 10.6. The van der Waals surface area contributed by atoms with Gasteiger partial charge in [0.2, 0.25) is 5.78 Å². The highest BCUT2D eigenvalue weighted by Gasteiger charge is 2.77. The Morgan fingerprint density at radius 2 is 1.85 bits per heavy atom. The molecule has 3 saturated carbocycles. The first-order valence-electron chi connectivity index (χ1n) is 11.6. The van der Waals surface area contributed by atoms with E-state index in [9.17, 15) is 29.4 Å². The molecule has 0 bridgehead atoms. The van der Waals surface area contributed by atoms with E-state index in [1.807, 2.05) is 0 Å². The Morgan fingerprint density at radius 3 is 2.47 bits per heavy atom. The number of fused-ring (bicyclic) bond motifs is 5. The van der Waals surface area contributed by atoms with Crippen LogP contribution in [-0.2, 0) is 28.7 Å². The predicted molar refractivity (Wildman–Crippen MR) is 116 cm³/mol. The van der Waals surface area contributed by atoms with Gasteiger partial charge in [-0.1, -0.05) is 18.6 Å². The Morgan fingerprint density at radius 1 is 1.18 bits per heavy atom. The molecular weight excluding hydrogens is 447 g/mol. The molecule has 4 aliphatic carbocycles. The summed E-state index contributed by atoms with van der Waals surface area (Å²) >= 11 is 0. The number of ether oxygens (including phenoxy) is 2. The molecule has 4 aliphatic rings. The zero-order valence-electron chi connectivity index (χ0n) is 19.8. The maximum Gasteiger partial charge on any atom is 0.303 e. The van der Waals surface area contributed by atoms with Crippen LogP contribution >= 0.6 is 0 Å². The molecule has 0 aliphatic heterocycles. The van der Waals surface area contributed by atoms with Crippen LogP contribution in [0.15, 0.2) is 23.8 Å². The highest BCUT2D eigenvalue weighted by molar-refractivity contribution is 6.01. The molecule has 0 heterocycles. The van der Waals surface area contributed by atoms with Crippen molar-refractivity contribution in [1.29, 1.82) is 0 Å². The number of esters is 2. The molecule has 34 heavy (non-hydrogen) atoms. The number of alkyl halides is 1. The van der Waals surface area contributed by atoms with Crippen LogP contribution in [0.1, 0.15) is 53.4 Å². The van der Waals surface area contributed by atoms with Gasteiger partial charge in [0, 0.05) is 30.6 Å². The molecule has 2 N–H and O–H groups in total. The zero-order chi connectivity index (χ0) is 25.3. The summed E-state index contributed by atoms with van der Waals surface area (Å²) in [5.41, 5.74) is -6.43. The Kier molecular flexibility index (Phi) is 5.68. The molecule has 9 heteroatoms. The summed E-state index contributed by atoms with van der Waals surface area (Å²) < 4.78 is 27.9. The number of aliphatic hydroxyl groups excluding tert-OH is 1. The summed E-state index contributed by atoms with van der Waals surface area (Å²) in [6, 6.07) is 0. The fraction of sp³-hybridized carbons (Fsp3) is 0.680. The molecule has 0 aromatic heterocycles. The molecule has 8 unspecified atom stereocenters. The van der Waals surface area contributed by atoms with E-state index >= 15 is 4.39 Å². The number of rotatable bonds is 4. The molecule has 8 atom stereocenters. The molecular formula is C25H31FO8. The number of carbonyl (C=O) groups excluding carboxylic acids is 4. The number of allylic oxidation sites excluding steroid dienone is 4. The van der Waals surface area contributed by atoms with E-state index in [1.165, 1.54) is 18.2 Å². The van der Waals surface area contributed by atoms with Gasteiger partial charge in [-0.3, -0.25) is 19.2 Å². The highest BCUT2D eigenvalue weighted by atomic mass is 19.1. The van der Waals surface area contributed by atoms with Crippen molar-refractivity contribution >= 4 is 23.5 Å². The molecule has 186 valence electrons. The van der Waals surface area contributed by atoms with Crippen LogP contribution in [0.25, 0.3) is 0 Å². The van der Waals surface area contributed by atoms with Crippen molar-refractivity contribution in [3.63, 3.8) is 0 Å². The van der Waals surface area contributed by atoms with Crippen LogP contribution in [0.5, 0.6) is 0 Å². The lowest BCUT2D eigenvalue weighted by Crippen LogP contribution is -2.70. The number of hydrogen-bond donors (Lipinski definition) is 2. The van der Waals surface area contributed by atoms with Gasteiger partial charge in [-0.05, 0) is 50.7 Å². The summed E-state index contributed by atoms with van der Waals surface area (Å²) in [7, 11) is 0. The Labute approximate surface area is 197 Å². The standard InChI is InChI=1S/C25H31FO8/c1-13(27)33-12-20(31)25(32)19(30)10-18-17-6-5-15-9-16(29)7-8-22(15,3)24(17,26)21(34-14(2)28)11-23(18,25)4/h7-9,17-19,21,30,32H,5-6,10-12H2,1-4H3. The summed E-state index contributed by atoms with van der Waals surface area (Å²) in [5, 5.41) is 22.6. The third kappa shape index (κ3) is 3.09. The minimum Gasteiger partial charge on any atom is -0.459 e. The molecule has 8 nitrogen and oxygen atoms in total. The molecule has 0 aromatic rings. The van der Waals surface area contributed by atoms with Gasteiger partial charge < -0.3 is 19.7 Å². The smallest absolute Gasteiger partial charge is 0.303 e. The number of Topliss-reactive ketones (excluding diaryl/α,β-unsaturated/α-hetero) is 1. The number of ketones is 2. The molecule has 0 aromatic carbocycles. The van der Waals surface area contributed by atoms with E-state index in [4.69, 9.17) is 9.47 Å². The monoisotopic (exact) mass is 478 g/mol. The minimum atomic E-state index is -2.32. The summed E-state index contributed by atoms with van der Waals surface area (Å²) in [6.07, 6.45) is 1.84. The molecule has 0 amide bonds. The average molecular weight is 479 g/mol. The first-order chi connectivity index (χ1) is 15.7. The predicted octanol–water partition coefficient (Wildman–Crippen LogP) is 1.76. The second-order valence-corrected chi connectivity index (χ2v) is 10.6. The van der Waals surface area contributed by atoms with Crippen LogP contribution in [0.4, 0.5) is 4.39 Å². The second kappa shape index (κ2) is 7.81. The van der Waals surface area contributed by atoms with E-state index < -0.39 is 70.5 Å². The fourth-order valence-corrected chi connectivity index (χ4v) is 7.30. The van der Waals surface area contributed by atoms with Gasteiger partial charge in [0.25, 0.3) is 0 Å². The molecule has 3 fully saturated rings. The van der Waals surface area contributed by atoms with Gasteiger partial charge >= 0.3 is 11.9 Å². The lowest BCUT2D eigenvalue weighted by Gasteiger charge is -2.62. The van der Waals surface area contributed by atoms with Gasteiger partial charge in [-0.15, -0.1) is 0 Å². The Hall–Kier alpha value is -2.39. The quantitative estimate of drug-likeness (QED) is 0.586. The van der Waals surface area contributed by atoms with E-state index in [0.717, 1.165) is 13.8 Å². The van der Waals surface area contributed by atoms with Crippen LogP contribution in [0.3, 0.4) is 0 Å². The van der Waals surface area contributed by atoms with Crippen LogP contribution in [0.2, 0.25) is 0 Å². The first kappa shape index (κ1) is 24.7. The van der Waals surface area contributed by atoms with E-state index in [-0.39, 0.29) is 25.0 Å². The fourth-order valence-electron chi connectivity index (χ4n) is 7.30. The van der Waals surface area contributed by atoms with Crippen molar-refractivity contribution in [1.82, 2.24) is 0 Å². The molecule has 0 radical (unpaired) electrons. The van der Waals surface area contributed by atoms with Crippen molar-refractivity contribution in [3.8, 4) is 0 Å². The summed E-state index contributed by atoms with van der Waals surface area (Å²) in [5.74, 6) is -3.95. The number of hydrogen-bond acceptors (Lipinski definition) is 8. The van der Waals surface area contributed by atoms with Crippen molar-refractivity contribution in [2.24, 2.45) is 22.7 Å². The lowest BCUT2D eigenvalue weighted by atomic mass is 9.44. The summed E-state index contributed by atoms with van der Waals surface area (Å²) in [4.78, 5) is 48.4. The van der Waals surface area contributed by atoms with E-state index in [0.29, 0.717) is 12.0 Å². The third-order valence-corrected chi connectivity index (χ3v) is 8.98. The minimum absolute atomic E-state index is 0.0420. The maximum absolute atomic E-state index is 17.5. The van der Waals surface area contributed by atoms with Gasteiger partial charge in [-0.25, -0.2) is 4.39 Å². The van der Waals surface area contributed by atoms with Crippen molar-refractivity contribution in [2.75, 3.05) is 6.61 Å². The topological polar surface area (TPSA) is 127 Å². The van der Waals surface area contributed by atoms with Crippen molar-refractivity contribution in [2.45, 2.75) is 76.9 Å². The Bertz CT molecular complexity index is 1020. The third-order valence-electron chi connectivity index (χ3n) is 8.98. The van der Waals surface area contributed by atoms with Crippen LogP contribution in [-0.4, -0.2) is 63.8 Å². The SMILES string of the molecule is CC(=O)OCC(=O)C1(O)C(O)CC2C3CCC4=CC(=O)C=CC4(C)C3(F)C(OC(C)=O)CC21C. The van der Waals surface area contributed by atoms with Crippen molar-refractivity contribution in [3.05, 3.63) is 23.8 Å². The van der Waals surface area contributed by atoms with Gasteiger partial charge in [0.1, 0.15) is 6.10 Å². The van der Waals surface area contributed by atoms with Gasteiger partial charge in [0.05, 0.1) is 6.10 Å². The van der Waals surface area contributed by atoms with Crippen molar-refractivity contribution < 1.29 is 43.3 Å². The van der Waals surface area contributed by atoms with Gasteiger partial charge in [0.15, 0.2) is 23.7 Å². The van der Waals surface area contributed by atoms with E-state index in [1.54, 1.807) is 13.8 Å². The largest absolute Gasteiger partial charge is 0.459 e.